The molecule has 64 valence electrons. The first-order valence-corrected chi connectivity index (χ1v) is 4.49. The number of carbonyl (C=O) groups excluding carboxylic acids is 1. The van der Waals surface area contributed by atoms with E-state index in [0.717, 1.165) is 6.54 Å². The molecule has 0 aromatic heterocycles. The van der Waals surface area contributed by atoms with Crippen LogP contribution in [0.15, 0.2) is 0 Å². The van der Waals surface area contributed by atoms with E-state index in [-0.39, 0.29) is 5.91 Å². The zero-order chi connectivity index (χ0) is 8.27. The van der Waals surface area contributed by atoms with Gasteiger partial charge in [-0.25, -0.2) is 0 Å². The molecule has 0 aromatic carbocycles. The van der Waals surface area contributed by atoms with Gasteiger partial charge >= 0.3 is 0 Å². The average Bonchev–Trinajstić information content (AvgIpc) is 2.13. The largest absolute Gasteiger partial charge is 0.340 e. The minimum atomic E-state index is 0.236. The monoisotopic (exact) mass is 155 g/mol. The minimum Gasteiger partial charge on any atom is -0.340 e. The van der Waals surface area contributed by atoms with E-state index in [1.165, 1.54) is 25.7 Å². The van der Waals surface area contributed by atoms with Crippen LogP contribution >= 0.6 is 0 Å². The van der Waals surface area contributed by atoms with Gasteiger partial charge in [0.2, 0.25) is 5.91 Å². The Hall–Kier alpha value is -0.530. The summed E-state index contributed by atoms with van der Waals surface area (Å²) in [4.78, 5) is 13.1. The van der Waals surface area contributed by atoms with Gasteiger partial charge in [0.1, 0.15) is 0 Å². The van der Waals surface area contributed by atoms with Crippen LogP contribution in [0.5, 0.6) is 0 Å². The first-order valence-electron chi connectivity index (χ1n) is 4.49. The number of likely N-dealkylation sites (tertiary alicyclic amines) is 1. The highest BCUT2D eigenvalue weighted by atomic mass is 16.2. The summed E-state index contributed by atoms with van der Waals surface area (Å²) in [5.74, 6) is 0.236. The highest BCUT2D eigenvalue weighted by molar-refractivity contribution is 5.73. The van der Waals surface area contributed by atoms with Gasteiger partial charge < -0.3 is 4.90 Å². The molecule has 0 spiro atoms. The van der Waals surface area contributed by atoms with Crippen LogP contribution in [0.25, 0.3) is 0 Å². The predicted molar refractivity (Wildman–Crippen MR) is 45.3 cm³/mol. The average molecular weight is 155 g/mol. The maximum absolute atomic E-state index is 11.1. The van der Waals surface area contributed by atoms with E-state index in [9.17, 15) is 4.79 Å². The van der Waals surface area contributed by atoms with Gasteiger partial charge in [0, 0.05) is 19.5 Å². The lowest BCUT2D eigenvalue weighted by Crippen LogP contribution is -2.36. The lowest BCUT2D eigenvalue weighted by atomic mass is 10.1. The molecule has 1 rings (SSSR count). The Morgan fingerprint density at radius 1 is 1.36 bits per heavy atom. The van der Waals surface area contributed by atoms with Crippen LogP contribution in [0.1, 0.15) is 39.5 Å². The molecular formula is C9H17NO. The molecule has 1 aliphatic heterocycles. The van der Waals surface area contributed by atoms with E-state index in [2.05, 4.69) is 6.92 Å². The first kappa shape index (κ1) is 8.57. The van der Waals surface area contributed by atoms with Crippen molar-refractivity contribution in [3.05, 3.63) is 0 Å². The van der Waals surface area contributed by atoms with E-state index in [1.807, 2.05) is 4.90 Å². The third-order valence-electron chi connectivity index (χ3n) is 2.46. The summed E-state index contributed by atoms with van der Waals surface area (Å²) >= 11 is 0. The van der Waals surface area contributed by atoms with Crippen molar-refractivity contribution in [2.24, 2.45) is 0 Å². The molecule has 1 atom stereocenters. The van der Waals surface area contributed by atoms with E-state index in [4.69, 9.17) is 0 Å². The van der Waals surface area contributed by atoms with Gasteiger partial charge in [-0.15, -0.1) is 0 Å². The number of nitrogens with zero attached hydrogens (tertiary/aromatic N) is 1. The topological polar surface area (TPSA) is 20.3 Å². The highest BCUT2D eigenvalue weighted by Gasteiger charge is 2.18. The maximum Gasteiger partial charge on any atom is 0.219 e. The fourth-order valence-corrected chi connectivity index (χ4v) is 1.74. The lowest BCUT2D eigenvalue weighted by Gasteiger charge is -2.25. The highest BCUT2D eigenvalue weighted by Crippen LogP contribution is 2.15. The van der Waals surface area contributed by atoms with Crippen molar-refractivity contribution in [1.82, 2.24) is 4.90 Å². The second-order valence-corrected chi connectivity index (χ2v) is 3.41. The molecule has 1 saturated heterocycles. The quantitative estimate of drug-likeness (QED) is 0.522. The molecule has 1 heterocycles. The Bertz CT molecular complexity index is 144. The normalized spacial score (nSPS) is 26.4. The Morgan fingerprint density at radius 3 is 2.73 bits per heavy atom. The van der Waals surface area contributed by atoms with Crippen molar-refractivity contribution in [3.63, 3.8) is 0 Å². The van der Waals surface area contributed by atoms with Gasteiger partial charge in [-0.05, 0) is 19.8 Å². The number of amides is 1. The lowest BCUT2D eigenvalue weighted by molar-refractivity contribution is -0.130. The summed E-state index contributed by atoms with van der Waals surface area (Å²) in [5, 5.41) is 0. The SMILES string of the molecule is CC(=O)N1CCCCCC1C. The summed E-state index contributed by atoms with van der Waals surface area (Å²) in [7, 11) is 0. The molecule has 11 heavy (non-hydrogen) atoms. The third kappa shape index (κ3) is 2.21. The van der Waals surface area contributed by atoms with Crippen LogP contribution in [0, 0.1) is 0 Å². The van der Waals surface area contributed by atoms with Crippen LogP contribution in [-0.2, 0) is 4.79 Å². The molecule has 1 aliphatic rings. The third-order valence-corrected chi connectivity index (χ3v) is 2.46. The molecule has 2 heteroatoms. The van der Waals surface area contributed by atoms with Gasteiger partial charge in [-0.1, -0.05) is 12.8 Å². The molecule has 0 saturated carbocycles. The zero-order valence-corrected chi connectivity index (χ0v) is 7.47. The molecular weight excluding hydrogens is 138 g/mol. The predicted octanol–water partition coefficient (Wildman–Crippen LogP) is 1.80. The van der Waals surface area contributed by atoms with Gasteiger partial charge in [-0.2, -0.15) is 0 Å². The zero-order valence-electron chi connectivity index (χ0n) is 7.47. The van der Waals surface area contributed by atoms with Gasteiger partial charge in [0.05, 0.1) is 0 Å². The van der Waals surface area contributed by atoms with Crippen molar-refractivity contribution < 1.29 is 4.79 Å². The summed E-state index contributed by atoms with van der Waals surface area (Å²) in [6.45, 7) is 4.78. The Kier molecular flexibility index (Phi) is 2.92. The standard InChI is InChI=1S/C9H17NO/c1-8-6-4-3-5-7-10(8)9(2)11/h8H,3-7H2,1-2H3. The van der Waals surface area contributed by atoms with E-state index in [0.29, 0.717) is 6.04 Å². The van der Waals surface area contributed by atoms with E-state index >= 15 is 0 Å². The van der Waals surface area contributed by atoms with Gasteiger partial charge in [0.15, 0.2) is 0 Å². The molecule has 2 nitrogen and oxygen atoms in total. The Labute approximate surface area is 68.6 Å². The summed E-state index contributed by atoms with van der Waals surface area (Å²) < 4.78 is 0. The number of rotatable bonds is 0. The summed E-state index contributed by atoms with van der Waals surface area (Å²) in [6, 6.07) is 0.468. The van der Waals surface area contributed by atoms with Crippen LogP contribution in [0.3, 0.4) is 0 Å². The molecule has 0 radical (unpaired) electrons. The van der Waals surface area contributed by atoms with Crippen LogP contribution in [0.4, 0.5) is 0 Å². The smallest absolute Gasteiger partial charge is 0.219 e. The fourth-order valence-electron chi connectivity index (χ4n) is 1.74. The fraction of sp³-hybridized carbons (Fsp3) is 0.889. The molecule has 0 aromatic rings. The summed E-state index contributed by atoms with van der Waals surface area (Å²) in [5.41, 5.74) is 0. The van der Waals surface area contributed by atoms with Crippen molar-refractivity contribution >= 4 is 5.91 Å². The molecule has 1 amide bonds. The number of hydrogen-bond donors (Lipinski definition) is 0. The van der Waals surface area contributed by atoms with Crippen LogP contribution in [-0.4, -0.2) is 23.4 Å². The van der Waals surface area contributed by atoms with Crippen LogP contribution < -0.4 is 0 Å². The van der Waals surface area contributed by atoms with Crippen molar-refractivity contribution in [3.8, 4) is 0 Å². The Morgan fingerprint density at radius 2 is 2.09 bits per heavy atom. The maximum atomic E-state index is 11.1. The second kappa shape index (κ2) is 3.74. The summed E-state index contributed by atoms with van der Waals surface area (Å²) in [6.07, 6.45) is 4.93. The minimum absolute atomic E-state index is 0.236. The number of hydrogen-bond acceptors (Lipinski definition) is 1. The van der Waals surface area contributed by atoms with E-state index < -0.39 is 0 Å². The van der Waals surface area contributed by atoms with Gasteiger partial charge in [0.25, 0.3) is 0 Å². The second-order valence-electron chi connectivity index (χ2n) is 3.41. The number of carbonyl (C=O) groups is 1. The molecule has 0 N–H and O–H groups in total. The van der Waals surface area contributed by atoms with E-state index in [1.54, 1.807) is 6.92 Å². The molecule has 1 unspecified atom stereocenters. The Balaban J connectivity index is 2.52. The molecule has 1 fully saturated rings. The van der Waals surface area contributed by atoms with Crippen LogP contribution in [0.2, 0.25) is 0 Å². The van der Waals surface area contributed by atoms with Crippen molar-refractivity contribution in [1.29, 1.82) is 0 Å². The van der Waals surface area contributed by atoms with Gasteiger partial charge in [-0.3, -0.25) is 4.79 Å². The van der Waals surface area contributed by atoms with Crippen molar-refractivity contribution in [2.45, 2.75) is 45.6 Å². The first-order chi connectivity index (χ1) is 5.22. The van der Waals surface area contributed by atoms with Crippen molar-refractivity contribution in [2.75, 3.05) is 6.54 Å². The molecule has 0 bridgehead atoms. The molecule has 0 aliphatic carbocycles.